The zero-order valence-corrected chi connectivity index (χ0v) is 16.4. The summed E-state index contributed by atoms with van der Waals surface area (Å²) in [5, 5.41) is 0. The summed E-state index contributed by atoms with van der Waals surface area (Å²) in [6.45, 7) is 3.12. The molecule has 4 rings (SSSR count). The minimum atomic E-state index is 0.128. The topological polar surface area (TPSA) is 62.2 Å². The Morgan fingerprint density at radius 3 is 2.48 bits per heavy atom. The molecule has 3 heterocycles. The molecule has 1 fully saturated rings. The molecule has 1 aromatic carbocycles. The predicted molar refractivity (Wildman–Crippen MR) is 112 cm³/mol. The van der Waals surface area contributed by atoms with Crippen LogP contribution in [0.5, 0.6) is 0 Å². The molecule has 0 bridgehead atoms. The van der Waals surface area contributed by atoms with E-state index in [2.05, 4.69) is 44.1 Å². The minimum Gasteiger partial charge on any atom is -0.369 e. The van der Waals surface area contributed by atoms with Gasteiger partial charge in [0, 0.05) is 62.3 Å². The van der Waals surface area contributed by atoms with Crippen molar-refractivity contribution in [3.63, 3.8) is 0 Å². The van der Waals surface area contributed by atoms with Gasteiger partial charge in [0.1, 0.15) is 0 Å². The highest BCUT2D eigenvalue weighted by molar-refractivity contribution is 5.78. The number of anilines is 1. The molecule has 3 aromatic rings. The second-order valence-electron chi connectivity index (χ2n) is 7.39. The molecule has 148 valence electrons. The minimum absolute atomic E-state index is 0.128. The summed E-state index contributed by atoms with van der Waals surface area (Å²) in [5.74, 6) is 0.407. The van der Waals surface area contributed by atoms with E-state index < -0.39 is 0 Å². The van der Waals surface area contributed by atoms with Crippen LogP contribution in [-0.2, 0) is 17.6 Å². The summed E-state index contributed by atoms with van der Waals surface area (Å²) in [5.41, 5.74) is 2.97. The lowest BCUT2D eigenvalue weighted by molar-refractivity contribution is -0.130. The van der Waals surface area contributed by atoms with E-state index in [0.717, 1.165) is 30.9 Å². The number of carbonyl (C=O) groups is 1. The van der Waals surface area contributed by atoms with Crippen molar-refractivity contribution in [3.05, 3.63) is 84.7 Å². The van der Waals surface area contributed by atoms with Crippen molar-refractivity contribution >= 4 is 11.6 Å². The van der Waals surface area contributed by atoms with Crippen molar-refractivity contribution in [3.8, 4) is 0 Å². The molecule has 1 atom stereocenters. The third kappa shape index (κ3) is 5.16. The second kappa shape index (κ2) is 9.28. The van der Waals surface area contributed by atoms with Crippen LogP contribution in [0, 0.1) is 5.92 Å². The molecule has 1 aliphatic rings. The van der Waals surface area contributed by atoms with Gasteiger partial charge in [-0.2, -0.15) is 0 Å². The Labute approximate surface area is 171 Å². The highest BCUT2D eigenvalue weighted by Crippen LogP contribution is 2.21. The predicted octanol–water partition coefficient (Wildman–Crippen LogP) is 2.62. The largest absolute Gasteiger partial charge is 0.369 e. The summed E-state index contributed by atoms with van der Waals surface area (Å²) >= 11 is 0. The zero-order chi connectivity index (χ0) is 19.9. The van der Waals surface area contributed by atoms with Crippen LogP contribution in [0.2, 0.25) is 0 Å². The van der Waals surface area contributed by atoms with Crippen LogP contribution in [0.1, 0.15) is 11.4 Å². The first-order chi connectivity index (χ1) is 14.3. The summed E-state index contributed by atoms with van der Waals surface area (Å²) in [6, 6.07) is 16.1. The molecule has 0 aliphatic carbocycles. The second-order valence-corrected chi connectivity index (χ2v) is 7.39. The molecule has 0 spiro atoms. The lowest BCUT2D eigenvalue weighted by Crippen LogP contribution is -2.37. The molecule has 1 saturated heterocycles. The first-order valence-corrected chi connectivity index (χ1v) is 10.0. The third-order valence-corrected chi connectivity index (χ3v) is 5.24. The Kier molecular flexibility index (Phi) is 6.10. The molecule has 0 saturated carbocycles. The molecular weight excluding hydrogens is 362 g/mol. The SMILES string of the molecule is O=C(Cc1ccccn1)N1CCN(c2ccccc2)C[C@H](Cc2cnccn2)C1. The van der Waals surface area contributed by atoms with Crippen molar-refractivity contribution in [1.29, 1.82) is 0 Å². The zero-order valence-electron chi connectivity index (χ0n) is 16.4. The normalized spacial score (nSPS) is 17.0. The Hall–Kier alpha value is -3.28. The molecule has 0 radical (unpaired) electrons. The van der Waals surface area contributed by atoms with E-state index in [0.29, 0.717) is 19.5 Å². The van der Waals surface area contributed by atoms with Gasteiger partial charge in [0.05, 0.1) is 12.1 Å². The highest BCUT2D eigenvalue weighted by Gasteiger charge is 2.26. The van der Waals surface area contributed by atoms with Crippen LogP contribution in [0.25, 0.3) is 0 Å². The third-order valence-electron chi connectivity index (χ3n) is 5.24. The van der Waals surface area contributed by atoms with Crippen LogP contribution in [0.4, 0.5) is 5.69 Å². The van der Waals surface area contributed by atoms with Crippen molar-refractivity contribution < 1.29 is 4.79 Å². The van der Waals surface area contributed by atoms with Gasteiger partial charge in [0.25, 0.3) is 0 Å². The smallest absolute Gasteiger partial charge is 0.228 e. The van der Waals surface area contributed by atoms with Gasteiger partial charge in [-0.3, -0.25) is 19.7 Å². The Bertz CT molecular complexity index is 904. The molecule has 6 heteroatoms. The molecule has 0 N–H and O–H groups in total. The number of carbonyl (C=O) groups excluding carboxylic acids is 1. The van der Waals surface area contributed by atoms with Crippen LogP contribution < -0.4 is 4.90 Å². The van der Waals surface area contributed by atoms with Gasteiger partial charge in [-0.05, 0) is 36.6 Å². The standard InChI is InChI=1S/C23H25N5O/c29-23(15-20-6-4-5-9-25-20)28-13-12-27(22-7-2-1-3-8-22)17-19(18-28)14-21-16-24-10-11-26-21/h1-11,16,19H,12-15,17-18H2/t19-/m0/s1. The molecular formula is C23H25N5O. The number of hydrogen-bond donors (Lipinski definition) is 0. The number of amides is 1. The molecule has 1 aliphatic heterocycles. The Morgan fingerprint density at radius 2 is 1.72 bits per heavy atom. The van der Waals surface area contributed by atoms with E-state index in [1.165, 1.54) is 5.69 Å². The Morgan fingerprint density at radius 1 is 0.897 bits per heavy atom. The van der Waals surface area contributed by atoms with E-state index in [1.54, 1.807) is 18.6 Å². The van der Waals surface area contributed by atoms with Gasteiger partial charge in [-0.1, -0.05) is 24.3 Å². The molecule has 29 heavy (non-hydrogen) atoms. The van der Waals surface area contributed by atoms with Crippen LogP contribution >= 0.6 is 0 Å². The Balaban J connectivity index is 1.51. The fourth-order valence-electron chi connectivity index (χ4n) is 3.83. The van der Waals surface area contributed by atoms with Crippen LogP contribution in [-0.4, -0.2) is 51.9 Å². The average Bonchev–Trinajstić information content (AvgIpc) is 2.99. The fraction of sp³-hybridized carbons (Fsp3) is 0.304. The van der Waals surface area contributed by atoms with Crippen molar-refractivity contribution in [1.82, 2.24) is 19.9 Å². The number of aromatic nitrogens is 3. The number of nitrogens with zero attached hydrogens (tertiary/aromatic N) is 5. The molecule has 1 amide bonds. The van der Waals surface area contributed by atoms with Gasteiger partial charge in [-0.25, -0.2) is 0 Å². The van der Waals surface area contributed by atoms with Crippen molar-refractivity contribution in [2.75, 3.05) is 31.1 Å². The van der Waals surface area contributed by atoms with Gasteiger partial charge >= 0.3 is 0 Å². The molecule has 0 unspecified atom stereocenters. The highest BCUT2D eigenvalue weighted by atomic mass is 16.2. The molecule has 6 nitrogen and oxygen atoms in total. The molecule has 2 aromatic heterocycles. The number of para-hydroxylation sites is 1. The van der Waals surface area contributed by atoms with Crippen molar-refractivity contribution in [2.24, 2.45) is 5.92 Å². The summed E-state index contributed by atoms with van der Waals surface area (Å²) in [6.07, 6.45) is 8.10. The van der Waals surface area contributed by atoms with Crippen LogP contribution in [0.15, 0.2) is 73.3 Å². The van der Waals surface area contributed by atoms with Crippen LogP contribution in [0.3, 0.4) is 0 Å². The lowest BCUT2D eigenvalue weighted by Gasteiger charge is -2.25. The van der Waals surface area contributed by atoms with Gasteiger partial charge in [0.2, 0.25) is 5.91 Å². The number of hydrogen-bond acceptors (Lipinski definition) is 5. The maximum atomic E-state index is 13.0. The average molecular weight is 387 g/mol. The first kappa shape index (κ1) is 19.1. The number of benzene rings is 1. The number of pyridine rings is 1. The number of rotatable bonds is 5. The van der Waals surface area contributed by atoms with E-state index in [9.17, 15) is 4.79 Å². The van der Waals surface area contributed by atoms with Gasteiger partial charge in [-0.15, -0.1) is 0 Å². The summed E-state index contributed by atoms with van der Waals surface area (Å²) in [7, 11) is 0. The van der Waals surface area contributed by atoms with E-state index >= 15 is 0 Å². The first-order valence-electron chi connectivity index (χ1n) is 10.0. The van der Waals surface area contributed by atoms with Gasteiger partial charge < -0.3 is 9.80 Å². The maximum Gasteiger partial charge on any atom is 0.228 e. The quantitative estimate of drug-likeness (QED) is 0.673. The fourth-order valence-corrected chi connectivity index (χ4v) is 3.83. The van der Waals surface area contributed by atoms with Gasteiger partial charge in [0.15, 0.2) is 0 Å². The maximum absolute atomic E-state index is 13.0. The van der Waals surface area contributed by atoms with E-state index in [-0.39, 0.29) is 11.8 Å². The summed E-state index contributed by atoms with van der Waals surface area (Å²) in [4.78, 5) is 30.3. The van der Waals surface area contributed by atoms with Crippen molar-refractivity contribution in [2.45, 2.75) is 12.8 Å². The van der Waals surface area contributed by atoms with E-state index in [1.807, 2.05) is 35.4 Å². The monoisotopic (exact) mass is 387 g/mol. The summed E-state index contributed by atoms with van der Waals surface area (Å²) < 4.78 is 0. The van der Waals surface area contributed by atoms with E-state index in [4.69, 9.17) is 0 Å². The lowest BCUT2D eigenvalue weighted by atomic mass is 10.0.